The molecule has 1 aliphatic carbocycles. The van der Waals surface area contributed by atoms with Crippen LogP contribution in [0.1, 0.15) is 43.5 Å². The van der Waals surface area contributed by atoms with Crippen molar-refractivity contribution >= 4 is 29.1 Å². The number of methoxy groups -OCH3 is 1. The molecule has 0 aliphatic heterocycles. The number of nitrogens with zero attached hydrogens (tertiary/aromatic N) is 2. The summed E-state index contributed by atoms with van der Waals surface area (Å²) in [5.41, 5.74) is 4.64. The Hall–Kier alpha value is -4.66. The Balaban J connectivity index is 1.33. The fourth-order valence-corrected chi connectivity index (χ4v) is 5.04. The van der Waals surface area contributed by atoms with Gasteiger partial charge in [-0.2, -0.15) is 9.78 Å². The van der Waals surface area contributed by atoms with Crippen LogP contribution in [-0.4, -0.2) is 53.3 Å². The van der Waals surface area contributed by atoms with Crippen LogP contribution in [0.15, 0.2) is 72.8 Å². The van der Waals surface area contributed by atoms with E-state index in [1.54, 1.807) is 45.0 Å². The van der Waals surface area contributed by atoms with Gasteiger partial charge in [0.15, 0.2) is 0 Å². The summed E-state index contributed by atoms with van der Waals surface area (Å²) in [6, 6.07) is 22.1. The average molecular weight is 542 g/mol. The van der Waals surface area contributed by atoms with E-state index in [4.69, 9.17) is 14.2 Å². The number of nitrogens with one attached hydrogen (secondary N) is 1. The number of hydrogen-bond donors (Lipinski definition) is 1. The molecular weight excluding hydrogens is 510 g/mol. The summed E-state index contributed by atoms with van der Waals surface area (Å²) in [6.45, 7) is 5.40. The highest BCUT2D eigenvalue weighted by Crippen LogP contribution is 2.44. The van der Waals surface area contributed by atoms with E-state index in [9.17, 15) is 14.4 Å². The molecule has 1 aliphatic rings. The molecule has 206 valence electrons. The van der Waals surface area contributed by atoms with Crippen LogP contribution in [0, 0.1) is 0 Å². The monoisotopic (exact) mass is 541 g/mol. The lowest BCUT2D eigenvalue weighted by atomic mass is 9.98. The van der Waals surface area contributed by atoms with Crippen LogP contribution in [0.2, 0.25) is 0 Å². The number of fused-ring (bicyclic) bond motifs is 4. The van der Waals surface area contributed by atoms with Crippen LogP contribution < -0.4 is 5.32 Å². The second kappa shape index (κ2) is 10.8. The number of aromatic nitrogens is 2. The molecule has 5 rings (SSSR count). The lowest BCUT2D eigenvalue weighted by molar-refractivity contribution is -0.143. The molecule has 0 spiro atoms. The summed E-state index contributed by atoms with van der Waals surface area (Å²) in [6.07, 6.45) is -1.42. The Morgan fingerprint density at radius 3 is 2.15 bits per heavy atom. The second-order valence-electron chi connectivity index (χ2n) is 10.6. The minimum Gasteiger partial charge on any atom is -0.467 e. The molecule has 1 N–H and O–H groups in total. The van der Waals surface area contributed by atoms with Crippen molar-refractivity contribution in [3.8, 4) is 11.1 Å². The van der Waals surface area contributed by atoms with E-state index >= 15 is 0 Å². The molecule has 40 heavy (non-hydrogen) atoms. The van der Waals surface area contributed by atoms with Gasteiger partial charge in [-0.15, -0.1) is 0 Å². The largest absolute Gasteiger partial charge is 0.467 e. The Bertz CT molecular complexity index is 1540. The maximum atomic E-state index is 12.9. The molecule has 1 aromatic heterocycles. The van der Waals surface area contributed by atoms with Gasteiger partial charge in [0.25, 0.3) is 0 Å². The van der Waals surface area contributed by atoms with Gasteiger partial charge in [-0.05, 0) is 49.1 Å². The molecule has 1 heterocycles. The fraction of sp³-hybridized carbons (Fsp3) is 0.290. The van der Waals surface area contributed by atoms with Crippen LogP contribution in [-0.2, 0) is 25.4 Å². The number of amides is 1. The van der Waals surface area contributed by atoms with Crippen molar-refractivity contribution in [1.29, 1.82) is 0 Å². The quantitative estimate of drug-likeness (QED) is 0.256. The second-order valence-corrected chi connectivity index (χ2v) is 10.6. The number of hydrogen-bond acceptors (Lipinski definition) is 7. The first kappa shape index (κ1) is 26.9. The smallest absolute Gasteiger partial charge is 0.435 e. The van der Waals surface area contributed by atoms with Gasteiger partial charge < -0.3 is 19.5 Å². The first-order valence-corrected chi connectivity index (χ1v) is 13.1. The number of ether oxygens (including phenoxy) is 3. The van der Waals surface area contributed by atoms with Gasteiger partial charge in [0.1, 0.15) is 18.2 Å². The number of para-hydroxylation sites is 1. The Labute approximate surface area is 232 Å². The van der Waals surface area contributed by atoms with E-state index < -0.39 is 29.8 Å². The SMILES string of the molecule is COC(=O)[C@H](Cc1nn(C(=O)OC(C)(C)C)c2ccccc12)NC(=O)OCC1c2ccccc2-c2ccccc21. The van der Waals surface area contributed by atoms with Crippen LogP contribution >= 0.6 is 0 Å². The number of alkyl carbamates (subject to hydrolysis) is 1. The van der Waals surface area contributed by atoms with Crippen molar-refractivity contribution in [3.63, 3.8) is 0 Å². The molecule has 0 bridgehead atoms. The first-order valence-electron chi connectivity index (χ1n) is 13.1. The van der Waals surface area contributed by atoms with Crippen molar-refractivity contribution < 1.29 is 28.6 Å². The fourth-order valence-electron chi connectivity index (χ4n) is 5.04. The molecule has 0 radical (unpaired) electrons. The van der Waals surface area contributed by atoms with Gasteiger partial charge >= 0.3 is 18.2 Å². The average Bonchev–Trinajstić information content (AvgIpc) is 3.46. The standard InChI is InChI=1S/C31H31N3O6/c1-31(2,3)40-30(37)34-27-16-10-9-15-23(27)25(33-34)17-26(28(35)38-4)32-29(36)39-18-24-21-13-7-5-11-19(21)20-12-6-8-14-22(20)24/h5-16,24,26H,17-18H2,1-4H3,(H,32,36)/t26-/m0/s1. The third-order valence-electron chi connectivity index (χ3n) is 6.75. The molecule has 0 saturated heterocycles. The minimum absolute atomic E-state index is 0.0207. The third-order valence-corrected chi connectivity index (χ3v) is 6.75. The number of carbonyl (C=O) groups excluding carboxylic acids is 3. The van der Waals surface area contributed by atoms with Crippen molar-refractivity contribution in [2.75, 3.05) is 13.7 Å². The minimum atomic E-state index is -1.09. The number of carbonyl (C=O) groups is 3. The lowest BCUT2D eigenvalue weighted by Gasteiger charge is -2.19. The van der Waals surface area contributed by atoms with E-state index in [1.807, 2.05) is 36.4 Å². The highest BCUT2D eigenvalue weighted by atomic mass is 16.6. The summed E-state index contributed by atoms with van der Waals surface area (Å²) in [5, 5.41) is 7.72. The van der Waals surface area contributed by atoms with E-state index in [0.717, 1.165) is 26.9 Å². The number of benzene rings is 3. The van der Waals surface area contributed by atoms with Crippen LogP contribution in [0.25, 0.3) is 22.0 Å². The molecule has 0 fully saturated rings. The van der Waals surface area contributed by atoms with Crippen molar-refractivity contribution in [2.24, 2.45) is 0 Å². The lowest BCUT2D eigenvalue weighted by Crippen LogP contribution is -2.43. The molecule has 3 aromatic carbocycles. The molecule has 9 nitrogen and oxygen atoms in total. The zero-order valence-corrected chi connectivity index (χ0v) is 22.8. The van der Waals surface area contributed by atoms with E-state index in [-0.39, 0.29) is 18.9 Å². The van der Waals surface area contributed by atoms with Gasteiger partial charge in [-0.3, -0.25) is 0 Å². The Morgan fingerprint density at radius 1 is 0.925 bits per heavy atom. The van der Waals surface area contributed by atoms with Gasteiger partial charge in [0.05, 0.1) is 18.3 Å². The highest BCUT2D eigenvalue weighted by molar-refractivity contribution is 5.90. The zero-order chi connectivity index (χ0) is 28.4. The van der Waals surface area contributed by atoms with Gasteiger partial charge in [0, 0.05) is 17.7 Å². The predicted octanol–water partition coefficient (Wildman–Crippen LogP) is 5.44. The normalized spacial score (nSPS) is 13.3. The number of rotatable bonds is 6. The summed E-state index contributed by atoms with van der Waals surface area (Å²) in [5.74, 6) is -0.785. The molecule has 1 amide bonds. The van der Waals surface area contributed by atoms with Crippen molar-refractivity contribution in [3.05, 3.63) is 89.6 Å². The highest BCUT2D eigenvalue weighted by Gasteiger charge is 2.31. The predicted molar refractivity (Wildman–Crippen MR) is 149 cm³/mol. The number of esters is 1. The summed E-state index contributed by atoms with van der Waals surface area (Å²) >= 11 is 0. The van der Waals surface area contributed by atoms with Gasteiger partial charge in [0.2, 0.25) is 0 Å². The van der Waals surface area contributed by atoms with Crippen LogP contribution in [0.4, 0.5) is 9.59 Å². The molecule has 0 unspecified atom stereocenters. The van der Waals surface area contributed by atoms with Crippen LogP contribution in [0.5, 0.6) is 0 Å². The molecule has 0 saturated carbocycles. The van der Waals surface area contributed by atoms with Gasteiger partial charge in [-0.1, -0.05) is 66.7 Å². The maximum Gasteiger partial charge on any atom is 0.435 e. The summed E-state index contributed by atoms with van der Waals surface area (Å²) in [4.78, 5) is 38.4. The summed E-state index contributed by atoms with van der Waals surface area (Å²) < 4.78 is 17.2. The first-order chi connectivity index (χ1) is 19.2. The zero-order valence-electron chi connectivity index (χ0n) is 22.8. The Morgan fingerprint density at radius 2 is 1.52 bits per heavy atom. The molecular formula is C31H31N3O6. The Kier molecular flexibility index (Phi) is 7.30. The van der Waals surface area contributed by atoms with E-state index in [0.29, 0.717) is 16.6 Å². The van der Waals surface area contributed by atoms with E-state index in [1.165, 1.54) is 7.11 Å². The molecule has 9 heteroatoms. The molecule has 1 atom stereocenters. The molecule has 4 aromatic rings. The van der Waals surface area contributed by atoms with Crippen molar-refractivity contribution in [2.45, 2.75) is 44.8 Å². The maximum absolute atomic E-state index is 12.9. The third kappa shape index (κ3) is 5.40. The van der Waals surface area contributed by atoms with Crippen LogP contribution in [0.3, 0.4) is 0 Å². The van der Waals surface area contributed by atoms with E-state index in [2.05, 4.69) is 22.5 Å². The topological polar surface area (TPSA) is 109 Å². The van der Waals surface area contributed by atoms with Crippen molar-refractivity contribution in [1.82, 2.24) is 15.1 Å². The summed E-state index contributed by atoms with van der Waals surface area (Å²) in [7, 11) is 1.24. The van der Waals surface area contributed by atoms with Gasteiger partial charge in [-0.25, -0.2) is 14.4 Å².